The molecule has 2 fully saturated rings. The Hall–Kier alpha value is -0.610. The van der Waals surface area contributed by atoms with Crippen LogP contribution in [0.25, 0.3) is 0 Å². The van der Waals surface area contributed by atoms with Gasteiger partial charge in [-0.3, -0.25) is 10.2 Å². The van der Waals surface area contributed by atoms with E-state index in [0.717, 1.165) is 19.6 Å². The van der Waals surface area contributed by atoms with E-state index in [9.17, 15) is 4.79 Å². The van der Waals surface area contributed by atoms with Gasteiger partial charge in [0.05, 0.1) is 6.61 Å². The zero-order valence-corrected chi connectivity index (χ0v) is 6.30. The Morgan fingerprint density at radius 1 is 1.55 bits per heavy atom. The molecule has 1 amide bonds. The number of hydrazine groups is 1. The Balaban J connectivity index is 1.98. The maximum atomic E-state index is 10.9. The van der Waals surface area contributed by atoms with Crippen LogP contribution in [-0.4, -0.2) is 25.2 Å². The minimum Gasteiger partial charge on any atom is -0.381 e. The molecule has 2 N–H and O–H groups in total. The Morgan fingerprint density at radius 3 is 3.36 bits per heavy atom. The van der Waals surface area contributed by atoms with Crippen LogP contribution in [0.4, 0.5) is 0 Å². The predicted molar refractivity (Wildman–Crippen MR) is 38.6 cm³/mol. The molecular weight excluding hydrogens is 144 g/mol. The summed E-state index contributed by atoms with van der Waals surface area (Å²) >= 11 is 0. The average molecular weight is 156 g/mol. The molecule has 0 saturated carbocycles. The van der Waals surface area contributed by atoms with Gasteiger partial charge in [0.2, 0.25) is 5.91 Å². The highest BCUT2D eigenvalue weighted by Crippen LogP contribution is 2.19. The van der Waals surface area contributed by atoms with Crippen molar-refractivity contribution in [2.24, 2.45) is 5.92 Å². The minimum atomic E-state index is 0.0803. The molecule has 0 aromatic carbocycles. The molecule has 2 atom stereocenters. The standard InChI is InChI=1S/C7H12N2O2/c10-7-3-5-4-11-2-1-6(5)8-9-7/h5-6,8H,1-4H2,(H,9,10). The SMILES string of the molecule is O=C1CC2COCCC2NN1. The number of nitrogens with one attached hydrogen (secondary N) is 2. The van der Waals surface area contributed by atoms with E-state index in [1.807, 2.05) is 0 Å². The second-order valence-electron chi connectivity index (χ2n) is 3.13. The van der Waals surface area contributed by atoms with Crippen LogP contribution < -0.4 is 10.9 Å². The van der Waals surface area contributed by atoms with Crippen molar-refractivity contribution in [1.29, 1.82) is 0 Å². The molecule has 2 rings (SSSR count). The Labute approximate surface area is 65.3 Å². The van der Waals surface area contributed by atoms with E-state index in [-0.39, 0.29) is 5.91 Å². The summed E-state index contributed by atoms with van der Waals surface area (Å²) in [5.41, 5.74) is 5.63. The van der Waals surface area contributed by atoms with Crippen molar-refractivity contribution in [3.8, 4) is 0 Å². The lowest BCUT2D eigenvalue weighted by molar-refractivity contribution is -0.128. The second-order valence-corrected chi connectivity index (χ2v) is 3.13. The van der Waals surface area contributed by atoms with Crippen molar-refractivity contribution >= 4 is 5.91 Å². The first-order valence-corrected chi connectivity index (χ1v) is 3.98. The Bertz CT molecular complexity index is 172. The minimum absolute atomic E-state index is 0.0803. The number of hydrogen-bond donors (Lipinski definition) is 2. The number of amides is 1. The van der Waals surface area contributed by atoms with Crippen LogP contribution in [0.5, 0.6) is 0 Å². The van der Waals surface area contributed by atoms with E-state index in [2.05, 4.69) is 10.9 Å². The molecule has 0 radical (unpaired) electrons. The highest BCUT2D eigenvalue weighted by molar-refractivity contribution is 5.76. The number of fused-ring (bicyclic) bond motifs is 1. The molecular formula is C7H12N2O2. The summed E-state index contributed by atoms with van der Waals surface area (Å²) in [6.07, 6.45) is 1.61. The summed E-state index contributed by atoms with van der Waals surface area (Å²) in [5.74, 6) is 0.467. The summed E-state index contributed by atoms with van der Waals surface area (Å²) in [6, 6.07) is 0.432. The molecule has 0 aromatic rings. The third kappa shape index (κ3) is 1.36. The van der Waals surface area contributed by atoms with Gasteiger partial charge in [0, 0.05) is 25.0 Å². The molecule has 0 bridgehead atoms. The number of hydrogen-bond acceptors (Lipinski definition) is 3. The molecule has 2 aliphatic rings. The zero-order chi connectivity index (χ0) is 7.68. The average Bonchev–Trinajstić information content (AvgIpc) is 2.04. The molecule has 2 aliphatic heterocycles. The van der Waals surface area contributed by atoms with Gasteiger partial charge in [-0.05, 0) is 6.42 Å². The molecule has 2 unspecified atom stereocenters. The fourth-order valence-corrected chi connectivity index (χ4v) is 1.65. The smallest absolute Gasteiger partial charge is 0.234 e. The molecule has 0 aliphatic carbocycles. The first kappa shape index (κ1) is 7.06. The van der Waals surface area contributed by atoms with Crippen LogP contribution in [0.15, 0.2) is 0 Å². The fourth-order valence-electron chi connectivity index (χ4n) is 1.65. The summed E-state index contributed by atoms with van der Waals surface area (Å²) < 4.78 is 5.27. The molecule has 0 aromatic heterocycles. The van der Waals surface area contributed by atoms with E-state index in [0.29, 0.717) is 18.4 Å². The van der Waals surface area contributed by atoms with Crippen LogP contribution in [0.3, 0.4) is 0 Å². The fraction of sp³-hybridized carbons (Fsp3) is 0.857. The summed E-state index contributed by atoms with van der Waals surface area (Å²) in [7, 11) is 0. The van der Waals surface area contributed by atoms with Crippen molar-refractivity contribution < 1.29 is 9.53 Å². The quantitative estimate of drug-likeness (QED) is 0.493. The topological polar surface area (TPSA) is 50.4 Å². The summed E-state index contributed by atoms with van der Waals surface area (Å²) in [5, 5.41) is 0. The van der Waals surface area contributed by atoms with Gasteiger partial charge >= 0.3 is 0 Å². The second kappa shape index (κ2) is 2.79. The van der Waals surface area contributed by atoms with Crippen LogP contribution in [-0.2, 0) is 9.53 Å². The molecule has 2 heterocycles. The van der Waals surface area contributed by atoms with E-state index < -0.39 is 0 Å². The number of ether oxygens (including phenoxy) is 1. The Morgan fingerprint density at radius 2 is 2.45 bits per heavy atom. The maximum absolute atomic E-state index is 10.9. The van der Waals surface area contributed by atoms with Crippen molar-refractivity contribution in [2.75, 3.05) is 13.2 Å². The first-order chi connectivity index (χ1) is 5.36. The highest BCUT2D eigenvalue weighted by Gasteiger charge is 2.31. The first-order valence-electron chi connectivity index (χ1n) is 3.98. The van der Waals surface area contributed by atoms with Gasteiger partial charge in [0.1, 0.15) is 0 Å². The third-order valence-corrected chi connectivity index (χ3v) is 2.32. The van der Waals surface area contributed by atoms with Crippen LogP contribution in [0.1, 0.15) is 12.8 Å². The van der Waals surface area contributed by atoms with Gasteiger partial charge in [-0.1, -0.05) is 0 Å². The molecule has 62 valence electrons. The summed E-state index contributed by atoms with van der Waals surface area (Å²) in [6.45, 7) is 1.54. The summed E-state index contributed by atoms with van der Waals surface area (Å²) in [4.78, 5) is 10.9. The molecule has 4 heteroatoms. The normalized spacial score (nSPS) is 37.6. The van der Waals surface area contributed by atoms with Crippen LogP contribution in [0.2, 0.25) is 0 Å². The van der Waals surface area contributed by atoms with Crippen molar-refractivity contribution in [3.63, 3.8) is 0 Å². The number of carbonyl (C=O) groups excluding carboxylic acids is 1. The van der Waals surface area contributed by atoms with Crippen LogP contribution in [0, 0.1) is 5.92 Å². The third-order valence-electron chi connectivity index (χ3n) is 2.32. The van der Waals surface area contributed by atoms with E-state index in [1.165, 1.54) is 0 Å². The van der Waals surface area contributed by atoms with E-state index in [4.69, 9.17) is 4.74 Å². The maximum Gasteiger partial charge on any atom is 0.234 e. The number of rotatable bonds is 0. The molecule has 11 heavy (non-hydrogen) atoms. The van der Waals surface area contributed by atoms with Gasteiger partial charge in [0.25, 0.3) is 0 Å². The van der Waals surface area contributed by atoms with Crippen molar-refractivity contribution in [1.82, 2.24) is 10.9 Å². The van der Waals surface area contributed by atoms with Crippen molar-refractivity contribution in [3.05, 3.63) is 0 Å². The van der Waals surface area contributed by atoms with E-state index in [1.54, 1.807) is 0 Å². The monoisotopic (exact) mass is 156 g/mol. The largest absolute Gasteiger partial charge is 0.381 e. The predicted octanol–water partition coefficient (Wildman–Crippen LogP) is -0.584. The van der Waals surface area contributed by atoms with Gasteiger partial charge in [0.15, 0.2) is 0 Å². The zero-order valence-electron chi connectivity index (χ0n) is 6.30. The highest BCUT2D eigenvalue weighted by atomic mass is 16.5. The van der Waals surface area contributed by atoms with Gasteiger partial charge in [-0.2, -0.15) is 0 Å². The van der Waals surface area contributed by atoms with Gasteiger partial charge < -0.3 is 4.74 Å². The van der Waals surface area contributed by atoms with Crippen molar-refractivity contribution in [2.45, 2.75) is 18.9 Å². The van der Waals surface area contributed by atoms with Crippen LogP contribution >= 0.6 is 0 Å². The number of carbonyl (C=O) groups is 1. The van der Waals surface area contributed by atoms with E-state index >= 15 is 0 Å². The lowest BCUT2D eigenvalue weighted by atomic mass is 9.91. The molecule has 4 nitrogen and oxygen atoms in total. The molecule has 2 saturated heterocycles. The Kier molecular flexibility index (Phi) is 1.79. The molecule has 0 spiro atoms. The lowest BCUT2D eigenvalue weighted by Crippen LogP contribution is -2.56. The lowest BCUT2D eigenvalue weighted by Gasteiger charge is -2.35. The van der Waals surface area contributed by atoms with Gasteiger partial charge in [-0.15, -0.1) is 0 Å². The van der Waals surface area contributed by atoms with Gasteiger partial charge in [-0.25, -0.2) is 5.43 Å².